The number of benzene rings is 5. The molecule has 2 heterocycles. The van der Waals surface area contributed by atoms with E-state index in [0.29, 0.717) is 45.9 Å². The first kappa shape index (κ1) is 43.3. The highest BCUT2D eigenvalue weighted by molar-refractivity contribution is 6.11. The van der Waals surface area contributed by atoms with Gasteiger partial charge in [0, 0.05) is 48.0 Å². The Morgan fingerprint density at radius 3 is 2.16 bits per heavy atom. The Labute approximate surface area is 374 Å². The number of allylic oxidation sites excluding steroid dienone is 1. The Balaban J connectivity index is 1.30. The summed E-state index contributed by atoms with van der Waals surface area (Å²) in [5.41, 5.74) is 9.87. The lowest BCUT2D eigenvalue weighted by atomic mass is 9.58. The van der Waals surface area contributed by atoms with Gasteiger partial charge in [0.05, 0.1) is 44.6 Å². The molecule has 0 amide bonds. The molecule has 5 aromatic carbocycles. The highest BCUT2D eigenvalue weighted by Crippen LogP contribution is 2.65. The minimum absolute atomic E-state index is 0.222. The van der Waals surface area contributed by atoms with Gasteiger partial charge in [-0.25, -0.2) is 0 Å². The zero-order valence-electron chi connectivity index (χ0n) is 37.8. The van der Waals surface area contributed by atoms with Gasteiger partial charge in [-0.3, -0.25) is 0 Å². The van der Waals surface area contributed by atoms with Crippen LogP contribution in [0.2, 0.25) is 0 Å². The molecule has 0 aromatic heterocycles. The molecule has 2 aliphatic heterocycles. The Morgan fingerprint density at radius 1 is 0.746 bits per heavy atom. The first-order chi connectivity index (χ1) is 30.9. The van der Waals surface area contributed by atoms with Gasteiger partial charge >= 0.3 is 0 Å². The molecule has 2 aliphatic carbocycles. The molecular weight excluding hydrogens is 783 g/mol. The Bertz CT molecular complexity index is 2430. The lowest BCUT2D eigenvalue weighted by Crippen LogP contribution is -2.46. The zero-order valence-corrected chi connectivity index (χ0v) is 37.8. The molecule has 9 rings (SSSR count). The number of nitrogens with zero attached hydrogens (tertiary/aromatic N) is 1. The van der Waals surface area contributed by atoms with E-state index in [9.17, 15) is 5.11 Å². The van der Waals surface area contributed by atoms with Crippen molar-refractivity contribution in [1.29, 1.82) is 0 Å². The summed E-state index contributed by atoms with van der Waals surface area (Å²) in [6, 6.07) is 38.2. The number of methoxy groups -OCH3 is 1. The minimum Gasteiger partial charge on any atom is -0.500 e. The van der Waals surface area contributed by atoms with Gasteiger partial charge < -0.3 is 33.7 Å². The second kappa shape index (κ2) is 18.7. The van der Waals surface area contributed by atoms with Crippen molar-refractivity contribution in [2.45, 2.75) is 101 Å². The van der Waals surface area contributed by atoms with E-state index in [1.165, 1.54) is 63.7 Å². The summed E-state index contributed by atoms with van der Waals surface area (Å²) in [4.78, 5) is 2.59. The number of fused-ring (bicyclic) bond motifs is 8. The van der Waals surface area contributed by atoms with Crippen LogP contribution >= 0.6 is 0 Å². The van der Waals surface area contributed by atoms with Crippen LogP contribution in [-0.4, -0.2) is 64.6 Å². The molecule has 3 unspecified atom stereocenters. The van der Waals surface area contributed by atoms with Crippen LogP contribution in [0.1, 0.15) is 106 Å². The molecule has 0 bridgehead atoms. The monoisotopic (exact) mass is 847 g/mol. The van der Waals surface area contributed by atoms with Gasteiger partial charge in [0.25, 0.3) is 0 Å². The molecule has 1 saturated heterocycles. The second-order valence-electron chi connectivity index (χ2n) is 18.0. The number of ether oxygens (including phenoxy) is 5. The van der Waals surface area contributed by atoms with Gasteiger partial charge in [-0.15, -0.1) is 0 Å². The van der Waals surface area contributed by atoms with E-state index in [2.05, 4.69) is 134 Å². The van der Waals surface area contributed by atoms with Crippen molar-refractivity contribution in [1.82, 2.24) is 0 Å². The fraction of sp³-hybridized carbons (Fsp3) is 0.429. The molecule has 3 atom stereocenters. The lowest BCUT2D eigenvalue weighted by Gasteiger charge is -2.50. The fourth-order valence-corrected chi connectivity index (χ4v) is 11.9. The summed E-state index contributed by atoms with van der Waals surface area (Å²) >= 11 is 0. The van der Waals surface area contributed by atoms with Crippen molar-refractivity contribution in [3.8, 4) is 16.9 Å². The summed E-state index contributed by atoms with van der Waals surface area (Å²) < 4.78 is 32.4. The third kappa shape index (κ3) is 7.69. The number of hydrogen-bond donors (Lipinski definition) is 1. The summed E-state index contributed by atoms with van der Waals surface area (Å²) in [5, 5.41) is 12.1. The van der Waals surface area contributed by atoms with Crippen molar-refractivity contribution >= 4 is 22.0 Å². The topological polar surface area (TPSA) is 69.6 Å². The van der Waals surface area contributed by atoms with Gasteiger partial charge in [-0.05, 0) is 114 Å². The summed E-state index contributed by atoms with van der Waals surface area (Å²) in [5.74, 6) is 1.90. The number of aliphatic hydroxyl groups excluding tert-OH is 1. The average molecular weight is 848 g/mol. The normalized spacial score (nSPS) is 21.8. The van der Waals surface area contributed by atoms with Crippen molar-refractivity contribution in [3.05, 3.63) is 149 Å². The van der Waals surface area contributed by atoms with Crippen molar-refractivity contribution in [2.75, 3.05) is 58.1 Å². The highest BCUT2D eigenvalue weighted by Gasteiger charge is 2.56. The highest BCUT2D eigenvalue weighted by atomic mass is 16.6. The first-order valence-corrected chi connectivity index (χ1v) is 23.6. The number of anilines is 1. The van der Waals surface area contributed by atoms with E-state index < -0.39 is 17.3 Å². The van der Waals surface area contributed by atoms with Crippen LogP contribution in [0.3, 0.4) is 0 Å². The van der Waals surface area contributed by atoms with E-state index in [4.69, 9.17) is 23.7 Å². The van der Waals surface area contributed by atoms with E-state index in [-0.39, 0.29) is 5.41 Å². The molecular formula is C56H65NO6. The molecule has 1 fully saturated rings. The van der Waals surface area contributed by atoms with Gasteiger partial charge in [0.2, 0.25) is 0 Å². The van der Waals surface area contributed by atoms with Gasteiger partial charge in [0.15, 0.2) is 6.29 Å². The predicted octanol–water partition coefficient (Wildman–Crippen LogP) is 12.0. The third-order valence-corrected chi connectivity index (χ3v) is 14.3. The second-order valence-corrected chi connectivity index (χ2v) is 18.0. The quantitative estimate of drug-likeness (QED) is 0.0738. The van der Waals surface area contributed by atoms with Gasteiger partial charge in [-0.1, -0.05) is 112 Å². The maximum Gasteiger partial charge on any atom is 0.151 e. The van der Waals surface area contributed by atoms with E-state index in [1.807, 2.05) is 7.11 Å². The van der Waals surface area contributed by atoms with Crippen LogP contribution < -0.4 is 9.64 Å². The number of piperidine rings is 1. The average Bonchev–Trinajstić information content (AvgIpc) is 3.61. The fourth-order valence-electron chi connectivity index (χ4n) is 11.9. The largest absolute Gasteiger partial charge is 0.500 e. The van der Waals surface area contributed by atoms with Crippen LogP contribution in [0.25, 0.3) is 27.5 Å². The molecule has 0 spiro atoms. The summed E-state index contributed by atoms with van der Waals surface area (Å²) in [6.07, 6.45) is 13.0. The number of hydrogen-bond acceptors (Lipinski definition) is 7. The SMILES string of the molecule is CCCC1(CCC)c2ccccc2-c2c1c1c(c3ccc(N4CCCCC4)cc23)OCC=C1C1(c2ccccc2)CC(OCCOCCOC(C)O)(c2ccccc2)CC=C1OC. The molecule has 0 saturated carbocycles. The minimum atomic E-state index is -0.828. The van der Waals surface area contributed by atoms with Crippen molar-refractivity contribution in [2.24, 2.45) is 0 Å². The molecule has 4 aliphatic rings. The van der Waals surface area contributed by atoms with Crippen LogP contribution in [-0.2, 0) is 35.4 Å². The van der Waals surface area contributed by atoms with Gasteiger partial charge in [0.1, 0.15) is 18.1 Å². The summed E-state index contributed by atoms with van der Waals surface area (Å²) in [6.45, 7) is 10.4. The van der Waals surface area contributed by atoms with Crippen LogP contribution in [0.4, 0.5) is 5.69 Å². The molecule has 0 radical (unpaired) electrons. The van der Waals surface area contributed by atoms with E-state index >= 15 is 0 Å². The smallest absolute Gasteiger partial charge is 0.151 e. The zero-order chi connectivity index (χ0) is 43.4. The molecule has 7 heteroatoms. The number of rotatable bonds is 17. The van der Waals surface area contributed by atoms with Gasteiger partial charge in [-0.2, -0.15) is 0 Å². The molecule has 7 nitrogen and oxygen atoms in total. The predicted molar refractivity (Wildman–Crippen MR) is 254 cm³/mol. The summed E-state index contributed by atoms with van der Waals surface area (Å²) in [7, 11) is 1.84. The standard InChI is InChI=1S/C56H65NO6/c1-5-28-54(29-6-2)47-23-15-14-22-45(47)50-46-38-43(57-31-16-9-17-32-57)24-25-44(46)53-51(52(50)54)48(27-33-62-53)56(42-20-12-8-13-21-42)39-55(30-26-49(56)59-4,41-18-10-7-11-19-41)63-37-35-60-34-36-61-40(3)58/h7-8,10-15,18-27,38,40,58H,5-6,9,16-17,28-37,39H2,1-4H3. The first-order valence-electron chi connectivity index (χ1n) is 23.6. The lowest BCUT2D eigenvalue weighted by molar-refractivity contribution is -0.113. The maximum absolute atomic E-state index is 9.60. The Hall–Kier alpha value is -4.92. The van der Waals surface area contributed by atoms with Crippen LogP contribution in [0, 0.1) is 0 Å². The van der Waals surface area contributed by atoms with Crippen molar-refractivity contribution < 1.29 is 28.8 Å². The van der Waals surface area contributed by atoms with E-state index in [0.717, 1.165) is 66.8 Å². The maximum atomic E-state index is 9.60. The molecule has 330 valence electrons. The van der Waals surface area contributed by atoms with Crippen LogP contribution in [0.5, 0.6) is 5.75 Å². The number of aliphatic hydroxyl groups is 1. The molecule has 5 aromatic rings. The van der Waals surface area contributed by atoms with Crippen LogP contribution in [0.15, 0.2) is 121 Å². The van der Waals surface area contributed by atoms with Crippen molar-refractivity contribution in [3.63, 3.8) is 0 Å². The Kier molecular flexibility index (Phi) is 12.8. The molecule has 63 heavy (non-hydrogen) atoms. The van der Waals surface area contributed by atoms with E-state index in [1.54, 1.807) is 6.92 Å². The Morgan fingerprint density at radius 2 is 1.44 bits per heavy atom. The molecule has 1 N–H and O–H groups in total. The third-order valence-electron chi connectivity index (χ3n) is 14.3.